The maximum atomic E-state index is 11.1. The van der Waals surface area contributed by atoms with E-state index in [9.17, 15) is 4.79 Å². The largest absolute Gasteiger partial charge is 0.381 e. The molecule has 1 saturated heterocycles. The van der Waals surface area contributed by atoms with Crippen molar-refractivity contribution < 1.29 is 9.53 Å². The summed E-state index contributed by atoms with van der Waals surface area (Å²) in [5.74, 6) is 0.00427. The van der Waals surface area contributed by atoms with Crippen LogP contribution in [0.15, 0.2) is 0 Å². The molecule has 1 aliphatic rings. The molecule has 6 nitrogen and oxygen atoms in total. The second-order valence-corrected chi connectivity index (χ2v) is 4.99. The summed E-state index contributed by atoms with van der Waals surface area (Å²) in [5.41, 5.74) is 7.05. The Morgan fingerprint density at radius 2 is 2.17 bits per heavy atom. The van der Waals surface area contributed by atoms with Gasteiger partial charge < -0.3 is 10.5 Å². The zero-order valence-corrected chi connectivity index (χ0v) is 10.9. The van der Waals surface area contributed by atoms with E-state index in [-0.39, 0.29) is 18.4 Å². The van der Waals surface area contributed by atoms with Crippen LogP contribution < -0.4 is 5.73 Å². The van der Waals surface area contributed by atoms with Gasteiger partial charge in [-0.3, -0.25) is 4.79 Å². The van der Waals surface area contributed by atoms with Gasteiger partial charge in [-0.2, -0.15) is 0 Å². The van der Waals surface area contributed by atoms with Crippen LogP contribution in [0, 0.1) is 0 Å². The molecule has 0 bridgehead atoms. The second kappa shape index (κ2) is 5.48. The topological polar surface area (TPSA) is 83.0 Å². The Morgan fingerprint density at radius 1 is 1.50 bits per heavy atom. The maximum Gasteiger partial charge on any atom is 0.223 e. The quantitative estimate of drug-likeness (QED) is 0.858. The third-order valence-corrected chi connectivity index (χ3v) is 3.24. The second-order valence-electron chi connectivity index (χ2n) is 4.99. The number of nitrogens with zero attached hydrogens (tertiary/aromatic N) is 3. The SMILES string of the molecule is CC(C)n1nnc(CC(N)=O)c1C1CCOCC1. The van der Waals surface area contributed by atoms with Gasteiger partial charge in [0.15, 0.2) is 0 Å². The van der Waals surface area contributed by atoms with Gasteiger partial charge in [0, 0.05) is 25.2 Å². The summed E-state index contributed by atoms with van der Waals surface area (Å²) in [4.78, 5) is 11.1. The molecule has 2 N–H and O–H groups in total. The molecule has 1 fully saturated rings. The van der Waals surface area contributed by atoms with E-state index < -0.39 is 0 Å². The standard InChI is InChI=1S/C12H20N4O2/c1-8(2)16-12(9-3-5-18-6-4-9)10(14-15-16)7-11(13)17/h8-9H,3-7H2,1-2H3,(H2,13,17). The van der Waals surface area contributed by atoms with E-state index in [1.807, 2.05) is 4.68 Å². The van der Waals surface area contributed by atoms with E-state index in [0.717, 1.165) is 37.4 Å². The number of carbonyl (C=O) groups excluding carboxylic acids is 1. The summed E-state index contributed by atoms with van der Waals surface area (Å²) >= 11 is 0. The Hall–Kier alpha value is -1.43. The number of carbonyl (C=O) groups is 1. The number of ether oxygens (including phenoxy) is 1. The van der Waals surface area contributed by atoms with Crippen LogP contribution in [0.25, 0.3) is 0 Å². The molecule has 0 saturated carbocycles. The fourth-order valence-electron chi connectivity index (χ4n) is 2.40. The van der Waals surface area contributed by atoms with E-state index in [4.69, 9.17) is 10.5 Å². The first-order valence-corrected chi connectivity index (χ1v) is 6.39. The van der Waals surface area contributed by atoms with Gasteiger partial charge in [0.1, 0.15) is 0 Å². The zero-order valence-electron chi connectivity index (χ0n) is 10.9. The van der Waals surface area contributed by atoms with Gasteiger partial charge in [0.2, 0.25) is 5.91 Å². The predicted octanol–water partition coefficient (Wildman–Crippen LogP) is 0.781. The number of amides is 1. The molecule has 100 valence electrons. The zero-order chi connectivity index (χ0) is 13.1. The molecule has 6 heteroatoms. The number of aromatic nitrogens is 3. The van der Waals surface area contributed by atoms with Crippen LogP contribution >= 0.6 is 0 Å². The van der Waals surface area contributed by atoms with Crippen molar-refractivity contribution in [1.29, 1.82) is 0 Å². The van der Waals surface area contributed by atoms with Crippen LogP contribution in [0.2, 0.25) is 0 Å². The Labute approximate surface area is 106 Å². The van der Waals surface area contributed by atoms with E-state index in [0.29, 0.717) is 5.92 Å². The normalized spacial score (nSPS) is 17.3. The predicted molar refractivity (Wildman–Crippen MR) is 66.1 cm³/mol. The smallest absolute Gasteiger partial charge is 0.223 e. The van der Waals surface area contributed by atoms with Crippen LogP contribution in [-0.2, 0) is 16.0 Å². The minimum atomic E-state index is -0.362. The summed E-state index contributed by atoms with van der Waals surface area (Å²) in [5, 5.41) is 8.29. The van der Waals surface area contributed by atoms with Crippen molar-refractivity contribution in [3.05, 3.63) is 11.4 Å². The van der Waals surface area contributed by atoms with Crippen LogP contribution in [-0.4, -0.2) is 34.1 Å². The average molecular weight is 252 g/mol. The van der Waals surface area contributed by atoms with Crippen LogP contribution in [0.4, 0.5) is 0 Å². The first kappa shape index (κ1) is 13.0. The molecule has 2 rings (SSSR count). The fourth-order valence-corrected chi connectivity index (χ4v) is 2.40. The minimum absolute atomic E-state index is 0.166. The first-order valence-electron chi connectivity index (χ1n) is 6.39. The molecule has 0 atom stereocenters. The van der Waals surface area contributed by atoms with Gasteiger partial charge in [0.05, 0.1) is 17.8 Å². The highest BCUT2D eigenvalue weighted by atomic mass is 16.5. The van der Waals surface area contributed by atoms with Crippen molar-refractivity contribution in [3.8, 4) is 0 Å². The van der Waals surface area contributed by atoms with Crippen molar-refractivity contribution in [1.82, 2.24) is 15.0 Å². The minimum Gasteiger partial charge on any atom is -0.381 e. The Morgan fingerprint density at radius 3 is 2.72 bits per heavy atom. The van der Waals surface area contributed by atoms with Crippen molar-refractivity contribution in [2.24, 2.45) is 5.73 Å². The van der Waals surface area contributed by atoms with E-state index in [1.165, 1.54) is 0 Å². The lowest BCUT2D eigenvalue weighted by Gasteiger charge is -2.24. The Bertz CT molecular complexity index is 422. The first-order chi connectivity index (χ1) is 8.59. The average Bonchev–Trinajstić information content (AvgIpc) is 2.73. The van der Waals surface area contributed by atoms with E-state index >= 15 is 0 Å². The van der Waals surface area contributed by atoms with Crippen LogP contribution in [0.1, 0.15) is 50.0 Å². The molecular weight excluding hydrogens is 232 g/mol. The highest BCUT2D eigenvalue weighted by molar-refractivity contribution is 5.76. The molecule has 18 heavy (non-hydrogen) atoms. The third-order valence-electron chi connectivity index (χ3n) is 3.24. The monoisotopic (exact) mass is 252 g/mol. The van der Waals surface area contributed by atoms with E-state index in [1.54, 1.807) is 0 Å². The lowest BCUT2D eigenvalue weighted by atomic mass is 9.93. The number of nitrogens with two attached hydrogens (primary N) is 1. The molecule has 0 aromatic carbocycles. The number of primary amides is 1. The van der Waals surface area contributed by atoms with Gasteiger partial charge in [-0.25, -0.2) is 4.68 Å². The van der Waals surface area contributed by atoms with E-state index in [2.05, 4.69) is 24.2 Å². The van der Waals surface area contributed by atoms with Gasteiger partial charge in [-0.15, -0.1) is 5.10 Å². The molecule has 0 spiro atoms. The fraction of sp³-hybridized carbons (Fsp3) is 0.750. The molecule has 1 aromatic rings. The Balaban J connectivity index is 2.32. The van der Waals surface area contributed by atoms with Crippen molar-refractivity contribution in [3.63, 3.8) is 0 Å². The van der Waals surface area contributed by atoms with Crippen molar-refractivity contribution >= 4 is 5.91 Å². The Kier molecular flexibility index (Phi) is 3.96. The summed E-state index contributed by atoms with van der Waals surface area (Å²) in [6.45, 7) is 5.63. The summed E-state index contributed by atoms with van der Waals surface area (Å²) in [6, 6.07) is 0.233. The number of rotatable bonds is 4. The summed E-state index contributed by atoms with van der Waals surface area (Å²) in [6.07, 6.45) is 2.07. The van der Waals surface area contributed by atoms with Gasteiger partial charge in [-0.05, 0) is 26.7 Å². The molecular formula is C12H20N4O2. The molecule has 1 aromatic heterocycles. The molecule has 1 aliphatic heterocycles. The molecule has 0 unspecified atom stereocenters. The van der Waals surface area contributed by atoms with Crippen molar-refractivity contribution in [2.45, 2.75) is 45.1 Å². The van der Waals surface area contributed by atoms with Gasteiger partial charge >= 0.3 is 0 Å². The summed E-state index contributed by atoms with van der Waals surface area (Å²) < 4.78 is 7.29. The molecule has 0 aliphatic carbocycles. The number of hydrogen-bond acceptors (Lipinski definition) is 4. The van der Waals surface area contributed by atoms with Gasteiger partial charge in [0.25, 0.3) is 0 Å². The number of hydrogen-bond donors (Lipinski definition) is 1. The highest BCUT2D eigenvalue weighted by Gasteiger charge is 2.26. The van der Waals surface area contributed by atoms with Crippen LogP contribution in [0.3, 0.4) is 0 Å². The molecule has 2 heterocycles. The highest BCUT2D eigenvalue weighted by Crippen LogP contribution is 2.30. The molecule has 0 radical (unpaired) electrons. The lowest BCUT2D eigenvalue weighted by Crippen LogP contribution is -2.21. The maximum absolute atomic E-state index is 11.1. The summed E-state index contributed by atoms with van der Waals surface area (Å²) in [7, 11) is 0. The van der Waals surface area contributed by atoms with Crippen LogP contribution in [0.5, 0.6) is 0 Å². The molecule has 1 amide bonds. The third kappa shape index (κ3) is 2.69. The van der Waals surface area contributed by atoms with Gasteiger partial charge in [-0.1, -0.05) is 5.21 Å². The lowest BCUT2D eigenvalue weighted by molar-refractivity contribution is -0.117. The van der Waals surface area contributed by atoms with Crippen molar-refractivity contribution in [2.75, 3.05) is 13.2 Å².